The first-order chi connectivity index (χ1) is 9.29. The van der Waals surface area contributed by atoms with Crippen LogP contribution in [-0.4, -0.2) is 0 Å². The van der Waals surface area contributed by atoms with Crippen LogP contribution in [0.5, 0.6) is 0 Å². The van der Waals surface area contributed by atoms with E-state index >= 15 is 0 Å². The summed E-state index contributed by atoms with van der Waals surface area (Å²) in [4.78, 5) is 0. The Morgan fingerprint density at radius 3 is 2.21 bits per heavy atom. The van der Waals surface area contributed by atoms with Crippen LogP contribution in [0.15, 0.2) is 24.3 Å². The van der Waals surface area contributed by atoms with Gasteiger partial charge in [-0.1, -0.05) is 50.5 Å². The number of hydrazine groups is 1. The maximum absolute atomic E-state index is 5.83. The van der Waals surface area contributed by atoms with Crippen molar-refractivity contribution in [3.63, 3.8) is 0 Å². The van der Waals surface area contributed by atoms with Crippen LogP contribution in [0, 0.1) is 11.8 Å². The highest BCUT2D eigenvalue weighted by Gasteiger charge is 2.31. The molecule has 2 nitrogen and oxygen atoms in total. The third-order valence-electron chi connectivity index (χ3n) is 5.41. The van der Waals surface area contributed by atoms with E-state index < -0.39 is 0 Å². The van der Waals surface area contributed by atoms with Crippen LogP contribution < -0.4 is 11.3 Å². The summed E-state index contributed by atoms with van der Waals surface area (Å²) in [5, 5.41) is 0. The lowest BCUT2D eigenvalue weighted by Crippen LogP contribution is -2.34. The minimum atomic E-state index is 0.327. The number of rotatable bonds is 4. The molecule has 0 saturated heterocycles. The Bertz CT molecular complexity index is 408. The quantitative estimate of drug-likeness (QED) is 0.635. The molecule has 2 fully saturated rings. The predicted molar refractivity (Wildman–Crippen MR) is 79.6 cm³/mol. The Hall–Kier alpha value is -0.860. The number of benzene rings is 1. The maximum Gasteiger partial charge on any atom is 0.0490 e. The van der Waals surface area contributed by atoms with Gasteiger partial charge in [0.1, 0.15) is 0 Å². The number of nitrogens with two attached hydrogens (primary N) is 1. The van der Waals surface area contributed by atoms with Crippen LogP contribution >= 0.6 is 0 Å². The van der Waals surface area contributed by atoms with Gasteiger partial charge in [-0.3, -0.25) is 11.3 Å². The van der Waals surface area contributed by atoms with Crippen LogP contribution in [-0.2, 0) is 0 Å². The fourth-order valence-corrected chi connectivity index (χ4v) is 3.85. The van der Waals surface area contributed by atoms with E-state index in [4.69, 9.17) is 5.84 Å². The molecule has 19 heavy (non-hydrogen) atoms. The summed E-state index contributed by atoms with van der Waals surface area (Å²) >= 11 is 0. The zero-order chi connectivity index (χ0) is 13.2. The minimum absolute atomic E-state index is 0.327. The fourth-order valence-electron chi connectivity index (χ4n) is 3.85. The Balaban J connectivity index is 1.75. The van der Waals surface area contributed by atoms with Gasteiger partial charge in [0.25, 0.3) is 0 Å². The molecular formula is C17H26N2. The van der Waals surface area contributed by atoms with Crippen molar-refractivity contribution in [2.45, 2.75) is 57.4 Å². The third kappa shape index (κ3) is 2.56. The van der Waals surface area contributed by atoms with Crippen molar-refractivity contribution >= 4 is 0 Å². The van der Waals surface area contributed by atoms with Gasteiger partial charge in [0.2, 0.25) is 0 Å². The van der Waals surface area contributed by atoms with Gasteiger partial charge in [0.05, 0.1) is 0 Å². The molecule has 2 aliphatic rings. The second-order valence-electron chi connectivity index (χ2n) is 6.51. The molecule has 3 atom stereocenters. The van der Waals surface area contributed by atoms with E-state index in [1.807, 2.05) is 0 Å². The van der Waals surface area contributed by atoms with Crippen LogP contribution in [0.2, 0.25) is 0 Å². The lowest BCUT2D eigenvalue weighted by molar-refractivity contribution is 0.304. The van der Waals surface area contributed by atoms with E-state index in [9.17, 15) is 0 Å². The summed E-state index contributed by atoms with van der Waals surface area (Å²) in [5.41, 5.74) is 5.95. The molecule has 3 N–H and O–H groups in total. The predicted octanol–water partition coefficient (Wildman–Crippen LogP) is 3.89. The van der Waals surface area contributed by atoms with Gasteiger partial charge in [0, 0.05) is 6.04 Å². The van der Waals surface area contributed by atoms with E-state index in [1.54, 1.807) is 0 Å². The smallest absolute Gasteiger partial charge is 0.0490 e. The van der Waals surface area contributed by atoms with E-state index in [2.05, 4.69) is 36.6 Å². The van der Waals surface area contributed by atoms with Crippen molar-refractivity contribution < 1.29 is 0 Å². The van der Waals surface area contributed by atoms with Gasteiger partial charge in [-0.15, -0.1) is 0 Å². The molecule has 0 amide bonds. The summed E-state index contributed by atoms with van der Waals surface area (Å²) < 4.78 is 0. The Morgan fingerprint density at radius 1 is 1.05 bits per heavy atom. The molecule has 2 saturated carbocycles. The topological polar surface area (TPSA) is 38.0 Å². The van der Waals surface area contributed by atoms with Crippen molar-refractivity contribution in [3.8, 4) is 0 Å². The molecule has 0 radical (unpaired) electrons. The van der Waals surface area contributed by atoms with Crippen LogP contribution in [0.3, 0.4) is 0 Å². The van der Waals surface area contributed by atoms with Gasteiger partial charge < -0.3 is 0 Å². The summed E-state index contributed by atoms with van der Waals surface area (Å²) in [6, 6.07) is 9.56. The molecule has 0 aromatic heterocycles. The van der Waals surface area contributed by atoms with Gasteiger partial charge in [-0.25, -0.2) is 0 Å². The highest BCUT2D eigenvalue weighted by Crippen LogP contribution is 2.41. The molecule has 0 spiro atoms. The molecule has 3 unspecified atom stereocenters. The normalized spacial score (nSPS) is 29.2. The number of hydrogen-bond donors (Lipinski definition) is 2. The standard InChI is InChI=1S/C17H26N2/c1-12-4-2-7-16(12)17(19-18)15-10-8-14(9-11-15)13-5-3-6-13/h8-13,16-17,19H,2-7,18H2,1H3. The van der Waals surface area contributed by atoms with Gasteiger partial charge in [-0.2, -0.15) is 0 Å². The van der Waals surface area contributed by atoms with E-state index in [1.165, 1.54) is 49.7 Å². The molecule has 104 valence electrons. The van der Waals surface area contributed by atoms with Gasteiger partial charge >= 0.3 is 0 Å². The van der Waals surface area contributed by atoms with Crippen LogP contribution in [0.1, 0.15) is 68.5 Å². The molecule has 2 aliphatic carbocycles. The zero-order valence-corrected chi connectivity index (χ0v) is 11.9. The average molecular weight is 258 g/mol. The average Bonchev–Trinajstić information content (AvgIpc) is 2.77. The SMILES string of the molecule is CC1CCCC1C(NN)c1ccc(C2CCC2)cc1. The number of hydrogen-bond acceptors (Lipinski definition) is 2. The molecule has 2 heteroatoms. The van der Waals surface area contributed by atoms with Gasteiger partial charge in [0.15, 0.2) is 0 Å². The first kappa shape index (κ1) is 13.1. The van der Waals surface area contributed by atoms with Gasteiger partial charge in [-0.05, 0) is 48.1 Å². The van der Waals surface area contributed by atoms with Crippen molar-refractivity contribution in [1.82, 2.24) is 5.43 Å². The Labute approximate surface area is 116 Å². The fraction of sp³-hybridized carbons (Fsp3) is 0.647. The second kappa shape index (κ2) is 5.64. The highest BCUT2D eigenvalue weighted by molar-refractivity contribution is 5.29. The van der Waals surface area contributed by atoms with E-state index in [-0.39, 0.29) is 0 Å². The van der Waals surface area contributed by atoms with Crippen molar-refractivity contribution in [3.05, 3.63) is 35.4 Å². The molecule has 0 bridgehead atoms. The third-order valence-corrected chi connectivity index (χ3v) is 5.41. The largest absolute Gasteiger partial charge is 0.271 e. The van der Waals surface area contributed by atoms with Crippen LogP contribution in [0.4, 0.5) is 0 Å². The summed E-state index contributed by atoms with van der Waals surface area (Å²) in [6.45, 7) is 2.37. The highest BCUT2D eigenvalue weighted by atomic mass is 15.2. The maximum atomic E-state index is 5.83. The molecule has 0 heterocycles. The second-order valence-corrected chi connectivity index (χ2v) is 6.51. The Morgan fingerprint density at radius 2 is 1.74 bits per heavy atom. The summed E-state index contributed by atoms with van der Waals surface area (Å²) in [6.07, 6.45) is 8.15. The molecular weight excluding hydrogens is 232 g/mol. The monoisotopic (exact) mass is 258 g/mol. The molecule has 1 aromatic carbocycles. The first-order valence-electron chi connectivity index (χ1n) is 7.85. The summed E-state index contributed by atoms with van der Waals surface area (Å²) in [7, 11) is 0. The van der Waals surface area contributed by atoms with E-state index in [0.29, 0.717) is 12.0 Å². The van der Waals surface area contributed by atoms with E-state index in [0.717, 1.165) is 11.8 Å². The van der Waals surface area contributed by atoms with Crippen molar-refractivity contribution in [2.24, 2.45) is 17.7 Å². The molecule has 3 rings (SSSR count). The lowest BCUT2D eigenvalue weighted by atomic mass is 9.79. The first-order valence-corrected chi connectivity index (χ1v) is 7.85. The Kier molecular flexibility index (Phi) is 3.90. The van der Waals surface area contributed by atoms with Crippen LogP contribution in [0.25, 0.3) is 0 Å². The summed E-state index contributed by atoms with van der Waals surface area (Å²) in [5.74, 6) is 8.13. The lowest BCUT2D eigenvalue weighted by Gasteiger charge is -2.29. The van der Waals surface area contributed by atoms with Crippen molar-refractivity contribution in [1.29, 1.82) is 0 Å². The minimum Gasteiger partial charge on any atom is -0.271 e. The zero-order valence-electron chi connectivity index (χ0n) is 11.9. The number of nitrogens with one attached hydrogen (secondary N) is 1. The van der Waals surface area contributed by atoms with Crippen molar-refractivity contribution in [2.75, 3.05) is 0 Å². The molecule has 1 aromatic rings. The molecule has 0 aliphatic heterocycles.